The number of nitrogens with one attached hydrogen (secondary N) is 1. The van der Waals surface area contributed by atoms with E-state index in [1.807, 2.05) is 0 Å². The third-order valence-electron chi connectivity index (χ3n) is 4.61. The highest BCUT2D eigenvalue weighted by atomic mass is 16.3. The molecule has 0 spiro atoms. The molecule has 0 aromatic heterocycles. The van der Waals surface area contributed by atoms with Crippen molar-refractivity contribution in [2.75, 3.05) is 6.54 Å². The summed E-state index contributed by atoms with van der Waals surface area (Å²) in [5, 5.41) is 12.6. The van der Waals surface area contributed by atoms with Crippen molar-refractivity contribution < 1.29 is 14.7 Å². The molecule has 0 saturated heterocycles. The van der Waals surface area contributed by atoms with Gasteiger partial charge in [0.05, 0.1) is 5.56 Å². The van der Waals surface area contributed by atoms with Crippen molar-refractivity contribution in [1.82, 2.24) is 5.32 Å². The molecule has 0 aliphatic carbocycles. The lowest BCUT2D eigenvalue weighted by Crippen LogP contribution is -2.24. The summed E-state index contributed by atoms with van der Waals surface area (Å²) in [5.41, 5.74) is 0.399. The molecule has 0 fully saturated rings. The fraction of sp³-hybridized carbons (Fsp3) is 0.636. The van der Waals surface area contributed by atoms with Crippen LogP contribution in [-0.4, -0.2) is 23.3 Å². The number of carbonyl (C=O) groups is 2. The molecule has 0 radical (unpaired) electrons. The van der Waals surface area contributed by atoms with E-state index in [0.717, 1.165) is 32.1 Å². The van der Waals surface area contributed by atoms with Crippen LogP contribution in [0.15, 0.2) is 24.3 Å². The van der Waals surface area contributed by atoms with Gasteiger partial charge in [-0.3, -0.25) is 9.59 Å². The van der Waals surface area contributed by atoms with Crippen LogP contribution in [0.1, 0.15) is 94.3 Å². The summed E-state index contributed by atoms with van der Waals surface area (Å²) >= 11 is 0. The van der Waals surface area contributed by atoms with Gasteiger partial charge < -0.3 is 10.4 Å². The second kappa shape index (κ2) is 14.3. The second-order valence-corrected chi connectivity index (χ2v) is 6.97. The number of phenolic OH excluding ortho intramolecular Hbond substituents is 1. The lowest BCUT2D eigenvalue weighted by molar-refractivity contribution is -0.121. The number of unbranched alkanes of at least 4 members (excludes halogenated alkanes) is 8. The van der Waals surface area contributed by atoms with E-state index in [1.54, 1.807) is 18.2 Å². The van der Waals surface area contributed by atoms with Crippen LogP contribution in [0.5, 0.6) is 5.75 Å². The molecule has 4 heteroatoms. The van der Waals surface area contributed by atoms with Crippen molar-refractivity contribution in [3.63, 3.8) is 0 Å². The number of benzene rings is 1. The van der Waals surface area contributed by atoms with Crippen molar-refractivity contribution in [2.24, 2.45) is 0 Å². The van der Waals surface area contributed by atoms with Crippen LogP contribution >= 0.6 is 0 Å². The molecule has 0 saturated carbocycles. The van der Waals surface area contributed by atoms with E-state index in [2.05, 4.69) is 12.2 Å². The first kappa shape index (κ1) is 22.2. The summed E-state index contributed by atoms with van der Waals surface area (Å²) in [4.78, 5) is 23.8. The predicted octanol–water partition coefficient (Wildman–Crippen LogP) is 5.39. The second-order valence-electron chi connectivity index (χ2n) is 6.97. The maximum Gasteiger partial charge on any atom is 0.219 e. The van der Waals surface area contributed by atoms with Crippen LogP contribution in [0.3, 0.4) is 0 Å². The van der Waals surface area contributed by atoms with Crippen LogP contribution in [-0.2, 0) is 4.79 Å². The smallest absolute Gasteiger partial charge is 0.219 e. The minimum atomic E-state index is -0.0222. The first-order chi connectivity index (χ1) is 12.6. The minimum Gasteiger partial charge on any atom is -0.507 e. The van der Waals surface area contributed by atoms with Crippen molar-refractivity contribution in [1.29, 1.82) is 0 Å². The van der Waals surface area contributed by atoms with Gasteiger partial charge in [0, 0.05) is 19.4 Å². The molecule has 146 valence electrons. The molecule has 1 rings (SSSR count). The van der Waals surface area contributed by atoms with E-state index < -0.39 is 0 Å². The Labute approximate surface area is 158 Å². The largest absolute Gasteiger partial charge is 0.507 e. The Balaban J connectivity index is 1.96. The highest BCUT2D eigenvalue weighted by molar-refractivity contribution is 5.98. The van der Waals surface area contributed by atoms with E-state index in [-0.39, 0.29) is 17.4 Å². The number of ketones is 1. The summed E-state index contributed by atoms with van der Waals surface area (Å²) in [6.07, 6.45) is 12.2. The Bertz CT molecular complexity index is 528. The maximum absolute atomic E-state index is 12.0. The normalized spacial score (nSPS) is 10.7. The van der Waals surface area contributed by atoms with Gasteiger partial charge in [0.15, 0.2) is 5.78 Å². The first-order valence-electron chi connectivity index (χ1n) is 10.2. The molecule has 0 aliphatic rings. The average molecular weight is 362 g/mol. The fourth-order valence-corrected chi connectivity index (χ4v) is 2.99. The van der Waals surface area contributed by atoms with Crippen molar-refractivity contribution in [3.8, 4) is 5.75 Å². The molecule has 1 aromatic rings. The minimum absolute atomic E-state index is 0.0222. The number of hydrogen-bond donors (Lipinski definition) is 2. The number of rotatable bonds is 15. The van der Waals surface area contributed by atoms with Crippen LogP contribution in [0.2, 0.25) is 0 Å². The Morgan fingerprint density at radius 3 is 2.19 bits per heavy atom. The number of carbonyl (C=O) groups excluding carboxylic acids is 2. The highest BCUT2D eigenvalue weighted by Gasteiger charge is 2.09. The van der Waals surface area contributed by atoms with E-state index in [4.69, 9.17) is 0 Å². The Morgan fingerprint density at radius 2 is 1.46 bits per heavy atom. The van der Waals surface area contributed by atoms with Crippen LogP contribution < -0.4 is 5.32 Å². The first-order valence-corrected chi connectivity index (χ1v) is 10.2. The Hall–Kier alpha value is -1.84. The third kappa shape index (κ3) is 10.2. The van der Waals surface area contributed by atoms with Crippen LogP contribution in [0, 0.1) is 0 Å². The summed E-state index contributed by atoms with van der Waals surface area (Å²) < 4.78 is 0. The van der Waals surface area contributed by atoms with Crippen molar-refractivity contribution >= 4 is 11.7 Å². The van der Waals surface area contributed by atoms with Gasteiger partial charge in [-0.15, -0.1) is 0 Å². The van der Waals surface area contributed by atoms with Crippen LogP contribution in [0.4, 0.5) is 0 Å². The molecule has 0 unspecified atom stereocenters. The molecular formula is C22H35NO3. The molecule has 1 aromatic carbocycles. The number of Topliss-reactive ketones (excluding diaryl/α,β-unsaturated/α-hetero) is 1. The molecule has 0 atom stereocenters. The molecule has 1 amide bonds. The van der Waals surface area contributed by atoms with E-state index in [1.165, 1.54) is 38.2 Å². The zero-order chi connectivity index (χ0) is 19.0. The highest BCUT2D eigenvalue weighted by Crippen LogP contribution is 2.18. The molecule has 2 N–H and O–H groups in total. The van der Waals surface area contributed by atoms with Gasteiger partial charge in [-0.05, 0) is 31.4 Å². The summed E-state index contributed by atoms with van der Waals surface area (Å²) in [6.45, 7) is 2.90. The quantitative estimate of drug-likeness (QED) is 0.325. The zero-order valence-electron chi connectivity index (χ0n) is 16.3. The van der Waals surface area contributed by atoms with E-state index >= 15 is 0 Å². The van der Waals surface area contributed by atoms with Gasteiger partial charge in [-0.1, -0.05) is 64.0 Å². The van der Waals surface area contributed by atoms with Gasteiger partial charge >= 0.3 is 0 Å². The summed E-state index contributed by atoms with van der Waals surface area (Å²) in [7, 11) is 0. The van der Waals surface area contributed by atoms with Crippen molar-refractivity contribution in [3.05, 3.63) is 29.8 Å². The predicted molar refractivity (Wildman–Crippen MR) is 107 cm³/mol. The van der Waals surface area contributed by atoms with Gasteiger partial charge in [0.2, 0.25) is 5.91 Å². The standard InChI is InChI=1S/C22H35NO3/c1-2-3-4-5-6-7-10-17-22(26)23-18-13-8-9-15-20(24)19-14-11-12-16-21(19)25/h11-12,14,16,25H,2-10,13,15,17-18H2,1H3,(H,23,26). The lowest BCUT2D eigenvalue weighted by atomic mass is 10.0. The van der Waals surface area contributed by atoms with Gasteiger partial charge in [0.25, 0.3) is 0 Å². The van der Waals surface area contributed by atoms with E-state index in [9.17, 15) is 14.7 Å². The molecule has 0 bridgehead atoms. The Morgan fingerprint density at radius 1 is 0.846 bits per heavy atom. The number of amides is 1. The molecule has 0 aliphatic heterocycles. The number of hydrogen-bond acceptors (Lipinski definition) is 3. The van der Waals surface area contributed by atoms with Gasteiger partial charge in [-0.2, -0.15) is 0 Å². The number of para-hydroxylation sites is 1. The van der Waals surface area contributed by atoms with E-state index in [0.29, 0.717) is 24.9 Å². The van der Waals surface area contributed by atoms with Gasteiger partial charge in [0.1, 0.15) is 5.75 Å². The van der Waals surface area contributed by atoms with Gasteiger partial charge in [-0.25, -0.2) is 0 Å². The number of aromatic hydroxyl groups is 1. The zero-order valence-corrected chi connectivity index (χ0v) is 16.3. The van der Waals surface area contributed by atoms with Crippen LogP contribution in [0.25, 0.3) is 0 Å². The fourth-order valence-electron chi connectivity index (χ4n) is 2.99. The molecule has 26 heavy (non-hydrogen) atoms. The molecule has 4 nitrogen and oxygen atoms in total. The monoisotopic (exact) mass is 361 g/mol. The SMILES string of the molecule is CCCCCCCCCC(=O)NCCCCCC(=O)c1ccccc1O. The molecule has 0 heterocycles. The Kier molecular flexibility index (Phi) is 12.2. The summed E-state index contributed by atoms with van der Waals surface area (Å²) in [6, 6.07) is 6.66. The lowest BCUT2D eigenvalue weighted by Gasteiger charge is -2.06. The summed E-state index contributed by atoms with van der Waals surface area (Å²) in [5.74, 6) is 0.171. The topological polar surface area (TPSA) is 66.4 Å². The maximum atomic E-state index is 12.0. The number of phenols is 1. The van der Waals surface area contributed by atoms with Crippen molar-refractivity contribution in [2.45, 2.75) is 84.0 Å². The average Bonchev–Trinajstić information content (AvgIpc) is 2.64. The third-order valence-corrected chi connectivity index (χ3v) is 4.61. The molecular weight excluding hydrogens is 326 g/mol.